The SMILES string of the molecule is CCOc1ccccc1NCC(=O)Nc1ccc(C(C)CC)cc1. The summed E-state index contributed by atoms with van der Waals surface area (Å²) in [6, 6.07) is 15.7. The van der Waals surface area contributed by atoms with Gasteiger partial charge in [-0.1, -0.05) is 38.1 Å². The van der Waals surface area contributed by atoms with Gasteiger partial charge in [-0.05, 0) is 49.1 Å². The molecule has 0 aliphatic rings. The maximum Gasteiger partial charge on any atom is 0.243 e. The Labute approximate surface area is 144 Å². The normalized spacial score (nSPS) is 11.6. The zero-order valence-electron chi connectivity index (χ0n) is 14.6. The van der Waals surface area contributed by atoms with E-state index in [4.69, 9.17) is 4.74 Å². The first-order chi connectivity index (χ1) is 11.6. The maximum absolute atomic E-state index is 12.1. The highest BCUT2D eigenvalue weighted by molar-refractivity contribution is 5.93. The van der Waals surface area contributed by atoms with Crippen LogP contribution in [0.2, 0.25) is 0 Å². The molecule has 0 saturated heterocycles. The maximum atomic E-state index is 12.1. The number of anilines is 2. The standard InChI is InChI=1S/C20H26N2O2/c1-4-15(3)16-10-12-17(13-11-16)22-20(23)14-21-18-8-6-7-9-19(18)24-5-2/h6-13,15,21H,4-5,14H2,1-3H3,(H,22,23). The van der Waals surface area contributed by atoms with Crippen LogP contribution in [0.4, 0.5) is 11.4 Å². The highest BCUT2D eigenvalue weighted by atomic mass is 16.5. The van der Waals surface area contributed by atoms with Crippen LogP contribution in [0.25, 0.3) is 0 Å². The Hall–Kier alpha value is -2.49. The summed E-state index contributed by atoms with van der Waals surface area (Å²) in [5.41, 5.74) is 2.92. The molecule has 2 rings (SSSR count). The number of benzene rings is 2. The number of ether oxygens (including phenoxy) is 1. The van der Waals surface area contributed by atoms with Crippen LogP contribution < -0.4 is 15.4 Å². The molecule has 24 heavy (non-hydrogen) atoms. The van der Waals surface area contributed by atoms with Gasteiger partial charge < -0.3 is 15.4 Å². The molecule has 0 aromatic heterocycles. The molecule has 0 heterocycles. The molecule has 128 valence electrons. The molecule has 1 atom stereocenters. The summed E-state index contributed by atoms with van der Waals surface area (Å²) < 4.78 is 5.54. The number of rotatable bonds is 8. The summed E-state index contributed by atoms with van der Waals surface area (Å²) in [4.78, 5) is 12.1. The van der Waals surface area contributed by atoms with Crippen molar-refractivity contribution in [3.8, 4) is 5.75 Å². The van der Waals surface area contributed by atoms with Crippen molar-refractivity contribution < 1.29 is 9.53 Å². The molecule has 0 aliphatic heterocycles. The first kappa shape index (κ1) is 17.9. The number of carbonyl (C=O) groups is 1. The molecule has 4 nitrogen and oxygen atoms in total. The van der Waals surface area contributed by atoms with Crippen molar-refractivity contribution >= 4 is 17.3 Å². The average Bonchev–Trinajstić information content (AvgIpc) is 2.61. The van der Waals surface area contributed by atoms with Crippen molar-refractivity contribution in [2.75, 3.05) is 23.8 Å². The third-order valence-electron chi connectivity index (χ3n) is 4.00. The van der Waals surface area contributed by atoms with E-state index in [2.05, 4.69) is 36.6 Å². The van der Waals surface area contributed by atoms with Crippen molar-refractivity contribution in [3.63, 3.8) is 0 Å². The Balaban J connectivity index is 1.89. The van der Waals surface area contributed by atoms with E-state index in [0.717, 1.165) is 23.5 Å². The highest BCUT2D eigenvalue weighted by Crippen LogP contribution is 2.23. The molecule has 0 radical (unpaired) electrons. The summed E-state index contributed by atoms with van der Waals surface area (Å²) in [7, 11) is 0. The summed E-state index contributed by atoms with van der Waals surface area (Å²) in [6.07, 6.45) is 1.11. The quantitative estimate of drug-likeness (QED) is 0.742. The highest BCUT2D eigenvalue weighted by Gasteiger charge is 2.07. The van der Waals surface area contributed by atoms with E-state index in [-0.39, 0.29) is 12.5 Å². The van der Waals surface area contributed by atoms with Gasteiger partial charge in [-0.3, -0.25) is 4.79 Å². The van der Waals surface area contributed by atoms with E-state index < -0.39 is 0 Å². The van der Waals surface area contributed by atoms with Crippen LogP contribution in [0.15, 0.2) is 48.5 Å². The first-order valence-electron chi connectivity index (χ1n) is 8.49. The summed E-state index contributed by atoms with van der Waals surface area (Å²) in [5.74, 6) is 1.20. The number of hydrogen-bond donors (Lipinski definition) is 2. The Kier molecular flexibility index (Phi) is 6.67. The van der Waals surface area contributed by atoms with Gasteiger partial charge in [-0.15, -0.1) is 0 Å². The monoisotopic (exact) mass is 326 g/mol. The fraction of sp³-hybridized carbons (Fsp3) is 0.350. The van der Waals surface area contributed by atoms with Crippen LogP contribution in [0.5, 0.6) is 5.75 Å². The molecule has 0 saturated carbocycles. The van der Waals surface area contributed by atoms with Gasteiger partial charge in [0.25, 0.3) is 0 Å². The topological polar surface area (TPSA) is 50.4 Å². The zero-order chi connectivity index (χ0) is 17.4. The Bertz CT molecular complexity index is 653. The zero-order valence-corrected chi connectivity index (χ0v) is 14.6. The van der Waals surface area contributed by atoms with Gasteiger partial charge in [0.2, 0.25) is 5.91 Å². The van der Waals surface area contributed by atoms with Gasteiger partial charge in [-0.25, -0.2) is 0 Å². The van der Waals surface area contributed by atoms with Crippen LogP contribution in [-0.2, 0) is 4.79 Å². The Morgan fingerprint density at radius 1 is 1.08 bits per heavy atom. The molecular formula is C20H26N2O2. The van der Waals surface area contributed by atoms with Gasteiger partial charge in [0.05, 0.1) is 18.8 Å². The van der Waals surface area contributed by atoms with Gasteiger partial charge >= 0.3 is 0 Å². The van der Waals surface area contributed by atoms with E-state index in [0.29, 0.717) is 12.5 Å². The lowest BCUT2D eigenvalue weighted by molar-refractivity contribution is -0.114. The van der Waals surface area contributed by atoms with Gasteiger partial charge in [0.1, 0.15) is 5.75 Å². The van der Waals surface area contributed by atoms with Crippen molar-refractivity contribution in [1.82, 2.24) is 0 Å². The fourth-order valence-corrected chi connectivity index (χ4v) is 2.41. The molecule has 1 unspecified atom stereocenters. The summed E-state index contributed by atoms with van der Waals surface area (Å²) in [5, 5.41) is 6.03. The molecule has 2 aromatic rings. The smallest absolute Gasteiger partial charge is 0.243 e. The fourth-order valence-electron chi connectivity index (χ4n) is 2.41. The largest absolute Gasteiger partial charge is 0.492 e. The van der Waals surface area contributed by atoms with Crippen LogP contribution in [0, 0.1) is 0 Å². The minimum absolute atomic E-state index is 0.0856. The predicted molar refractivity (Wildman–Crippen MR) is 99.9 cm³/mol. The van der Waals surface area contributed by atoms with Gasteiger partial charge in [0.15, 0.2) is 0 Å². The summed E-state index contributed by atoms with van der Waals surface area (Å²) >= 11 is 0. The molecular weight excluding hydrogens is 300 g/mol. The molecule has 1 amide bonds. The number of para-hydroxylation sites is 2. The summed E-state index contributed by atoms with van der Waals surface area (Å²) in [6.45, 7) is 7.09. The predicted octanol–water partition coefficient (Wildman–Crippen LogP) is 4.65. The first-order valence-corrected chi connectivity index (χ1v) is 8.49. The lowest BCUT2D eigenvalue weighted by Crippen LogP contribution is -2.22. The van der Waals surface area contributed by atoms with Crippen molar-refractivity contribution in [2.24, 2.45) is 0 Å². The van der Waals surface area contributed by atoms with Crippen LogP contribution >= 0.6 is 0 Å². The van der Waals surface area contributed by atoms with E-state index in [1.165, 1.54) is 5.56 Å². The molecule has 0 fully saturated rings. The minimum Gasteiger partial charge on any atom is -0.492 e. The lowest BCUT2D eigenvalue weighted by Gasteiger charge is -2.13. The number of carbonyl (C=O) groups excluding carboxylic acids is 1. The molecule has 2 aromatic carbocycles. The molecule has 4 heteroatoms. The van der Waals surface area contributed by atoms with Crippen LogP contribution in [0.3, 0.4) is 0 Å². The van der Waals surface area contributed by atoms with E-state index in [9.17, 15) is 4.79 Å². The van der Waals surface area contributed by atoms with Crippen molar-refractivity contribution in [1.29, 1.82) is 0 Å². The second-order valence-corrected chi connectivity index (χ2v) is 5.76. The van der Waals surface area contributed by atoms with E-state index >= 15 is 0 Å². The molecule has 0 spiro atoms. The minimum atomic E-state index is -0.0856. The number of amides is 1. The average molecular weight is 326 g/mol. The number of nitrogens with one attached hydrogen (secondary N) is 2. The molecule has 2 N–H and O–H groups in total. The second-order valence-electron chi connectivity index (χ2n) is 5.76. The van der Waals surface area contributed by atoms with Crippen molar-refractivity contribution in [2.45, 2.75) is 33.1 Å². The van der Waals surface area contributed by atoms with E-state index in [1.807, 2.05) is 43.3 Å². The van der Waals surface area contributed by atoms with Crippen LogP contribution in [0.1, 0.15) is 38.7 Å². The van der Waals surface area contributed by atoms with Gasteiger partial charge in [-0.2, -0.15) is 0 Å². The number of hydrogen-bond acceptors (Lipinski definition) is 3. The van der Waals surface area contributed by atoms with Gasteiger partial charge in [0, 0.05) is 5.69 Å². The van der Waals surface area contributed by atoms with E-state index in [1.54, 1.807) is 0 Å². The van der Waals surface area contributed by atoms with Crippen LogP contribution in [-0.4, -0.2) is 19.1 Å². The Morgan fingerprint density at radius 3 is 2.46 bits per heavy atom. The lowest BCUT2D eigenvalue weighted by atomic mass is 9.99. The third kappa shape index (κ3) is 5.01. The van der Waals surface area contributed by atoms with Crippen molar-refractivity contribution in [3.05, 3.63) is 54.1 Å². The Morgan fingerprint density at radius 2 is 1.79 bits per heavy atom. The molecule has 0 bridgehead atoms. The molecule has 0 aliphatic carbocycles. The second kappa shape index (κ2) is 8.96. The third-order valence-corrected chi connectivity index (χ3v) is 4.00.